The van der Waals surface area contributed by atoms with Crippen molar-refractivity contribution in [2.24, 2.45) is 0 Å². The van der Waals surface area contributed by atoms with Gasteiger partial charge in [0.1, 0.15) is 0 Å². The monoisotopic (exact) mass is 252 g/mol. The molecule has 18 heavy (non-hydrogen) atoms. The van der Waals surface area contributed by atoms with E-state index in [1.54, 1.807) is 0 Å². The molecule has 1 aromatic rings. The van der Waals surface area contributed by atoms with Gasteiger partial charge >= 0.3 is 0 Å². The van der Waals surface area contributed by atoms with Crippen LogP contribution in [0.4, 0.5) is 0 Å². The summed E-state index contributed by atoms with van der Waals surface area (Å²) in [4.78, 5) is 25.4. The van der Waals surface area contributed by atoms with E-state index in [9.17, 15) is 14.7 Å². The Morgan fingerprint density at radius 3 is 2.72 bits per heavy atom. The largest absolute Gasteiger partial charge is 0.394 e. The Morgan fingerprint density at radius 2 is 2.17 bits per heavy atom. The lowest BCUT2D eigenvalue weighted by Gasteiger charge is -2.36. The Kier molecular flexibility index (Phi) is 3.78. The van der Waals surface area contributed by atoms with Crippen molar-refractivity contribution >= 4 is 5.91 Å². The molecule has 98 valence electrons. The zero-order valence-corrected chi connectivity index (χ0v) is 9.94. The summed E-state index contributed by atoms with van der Waals surface area (Å²) in [6, 6.07) is 2.75. The van der Waals surface area contributed by atoms with Crippen molar-refractivity contribution in [1.82, 2.24) is 10.3 Å². The van der Waals surface area contributed by atoms with Crippen molar-refractivity contribution in [3.05, 3.63) is 34.2 Å². The lowest BCUT2D eigenvalue weighted by molar-refractivity contribution is 0.0125. The minimum atomic E-state index is -0.620. The predicted octanol–water partition coefficient (Wildman–Crippen LogP) is -0.354. The van der Waals surface area contributed by atoms with Crippen LogP contribution in [-0.2, 0) is 4.74 Å². The summed E-state index contributed by atoms with van der Waals surface area (Å²) in [7, 11) is 0. The molecule has 3 N–H and O–H groups in total. The fourth-order valence-corrected chi connectivity index (χ4v) is 1.95. The number of ether oxygens (including phenoxy) is 1. The van der Waals surface area contributed by atoms with Crippen LogP contribution in [0.25, 0.3) is 0 Å². The van der Waals surface area contributed by atoms with Gasteiger partial charge in [-0.2, -0.15) is 0 Å². The summed E-state index contributed by atoms with van der Waals surface area (Å²) < 4.78 is 5.22. The van der Waals surface area contributed by atoms with Gasteiger partial charge in [0.05, 0.1) is 17.7 Å². The molecule has 6 nitrogen and oxygen atoms in total. The lowest BCUT2D eigenvalue weighted by Crippen LogP contribution is -2.54. The number of pyridine rings is 1. The smallest absolute Gasteiger partial charge is 0.253 e. The zero-order chi connectivity index (χ0) is 13.0. The summed E-state index contributed by atoms with van der Waals surface area (Å²) in [6.07, 6.45) is 2.53. The van der Waals surface area contributed by atoms with E-state index < -0.39 is 5.54 Å². The van der Waals surface area contributed by atoms with Crippen LogP contribution in [-0.4, -0.2) is 41.4 Å². The number of hydrogen-bond donors (Lipinski definition) is 3. The molecule has 1 aliphatic rings. The molecular formula is C12H16N2O4. The third kappa shape index (κ3) is 2.77. The molecule has 0 atom stereocenters. The number of aliphatic hydroxyl groups is 1. The number of amides is 1. The van der Waals surface area contributed by atoms with Crippen molar-refractivity contribution in [2.75, 3.05) is 19.8 Å². The first-order chi connectivity index (χ1) is 8.65. The van der Waals surface area contributed by atoms with E-state index in [1.807, 2.05) is 0 Å². The maximum Gasteiger partial charge on any atom is 0.253 e. The summed E-state index contributed by atoms with van der Waals surface area (Å²) in [6.45, 7) is 0.921. The van der Waals surface area contributed by atoms with Gasteiger partial charge in [-0.1, -0.05) is 0 Å². The zero-order valence-electron chi connectivity index (χ0n) is 9.94. The van der Waals surface area contributed by atoms with Crippen LogP contribution in [0.1, 0.15) is 23.2 Å². The van der Waals surface area contributed by atoms with E-state index in [0.717, 1.165) is 0 Å². The molecule has 2 rings (SSSR count). The van der Waals surface area contributed by atoms with Crippen molar-refractivity contribution < 1.29 is 14.6 Å². The highest BCUT2D eigenvalue weighted by molar-refractivity contribution is 5.94. The Balaban J connectivity index is 2.09. The van der Waals surface area contributed by atoms with Gasteiger partial charge in [0.15, 0.2) is 0 Å². The Morgan fingerprint density at radius 1 is 1.44 bits per heavy atom. The molecule has 1 saturated heterocycles. The van der Waals surface area contributed by atoms with Crippen LogP contribution in [0.2, 0.25) is 0 Å². The molecule has 0 unspecified atom stereocenters. The molecule has 0 saturated carbocycles. The van der Waals surface area contributed by atoms with E-state index in [-0.39, 0.29) is 18.1 Å². The highest BCUT2D eigenvalue weighted by atomic mass is 16.5. The standard InChI is InChI=1S/C12H16N2O4/c15-8-12(3-5-18-6-4-12)14-11(17)9-1-2-10(16)13-7-9/h1-2,7,15H,3-6,8H2,(H,13,16)(H,14,17). The molecule has 1 fully saturated rings. The molecule has 0 bridgehead atoms. The third-order valence-electron chi connectivity index (χ3n) is 3.18. The average Bonchev–Trinajstić information content (AvgIpc) is 2.40. The number of aromatic amines is 1. The highest BCUT2D eigenvalue weighted by Crippen LogP contribution is 2.20. The number of carbonyl (C=O) groups is 1. The van der Waals surface area contributed by atoms with Crippen LogP contribution in [0.5, 0.6) is 0 Å². The molecule has 1 aromatic heterocycles. The first kappa shape index (κ1) is 12.8. The molecule has 0 spiro atoms. The van der Waals surface area contributed by atoms with Crippen LogP contribution in [0.3, 0.4) is 0 Å². The first-order valence-electron chi connectivity index (χ1n) is 5.85. The third-order valence-corrected chi connectivity index (χ3v) is 3.18. The van der Waals surface area contributed by atoms with E-state index in [1.165, 1.54) is 18.3 Å². The topological polar surface area (TPSA) is 91.4 Å². The first-order valence-corrected chi connectivity index (χ1v) is 5.85. The van der Waals surface area contributed by atoms with Gasteiger partial charge in [0, 0.05) is 25.5 Å². The van der Waals surface area contributed by atoms with Gasteiger partial charge in [-0.05, 0) is 18.9 Å². The highest BCUT2D eigenvalue weighted by Gasteiger charge is 2.33. The van der Waals surface area contributed by atoms with Gasteiger partial charge in [-0.15, -0.1) is 0 Å². The molecule has 1 aliphatic heterocycles. The maximum absolute atomic E-state index is 12.0. The quantitative estimate of drug-likeness (QED) is 0.685. The second kappa shape index (κ2) is 5.32. The van der Waals surface area contributed by atoms with Gasteiger partial charge < -0.3 is 20.1 Å². The Hall–Kier alpha value is -1.66. The maximum atomic E-state index is 12.0. The summed E-state index contributed by atoms with van der Waals surface area (Å²) in [5, 5.41) is 12.3. The van der Waals surface area contributed by atoms with E-state index in [4.69, 9.17) is 4.74 Å². The average molecular weight is 252 g/mol. The number of hydrogen-bond acceptors (Lipinski definition) is 4. The second-order valence-electron chi connectivity index (χ2n) is 4.45. The molecule has 2 heterocycles. The fourth-order valence-electron chi connectivity index (χ4n) is 1.95. The number of H-pyrrole nitrogens is 1. The molecule has 0 aromatic carbocycles. The van der Waals surface area contributed by atoms with Gasteiger partial charge in [0.2, 0.25) is 5.56 Å². The van der Waals surface area contributed by atoms with Crippen LogP contribution in [0, 0.1) is 0 Å². The number of nitrogens with one attached hydrogen (secondary N) is 2. The minimum absolute atomic E-state index is 0.120. The summed E-state index contributed by atoms with van der Waals surface area (Å²) in [5.74, 6) is -0.304. The Bertz CT molecular complexity index is 457. The van der Waals surface area contributed by atoms with Crippen molar-refractivity contribution in [3.8, 4) is 0 Å². The Labute approximate surface area is 104 Å². The van der Waals surface area contributed by atoms with Crippen LogP contribution < -0.4 is 10.9 Å². The minimum Gasteiger partial charge on any atom is -0.394 e. The molecule has 6 heteroatoms. The van der Waals surface area contributed by atoms with E-state index in [2.05, 4.69) is 10.3 Å². The van der Waals surface area contributed by atoms with Gasteiger partial charge in [-0.3, -0.25) is 9.59 Å². The van der Waals surface area contributed by atoms with Crippen LogP contribution >= 0.6 is 0 Å². The van der Waals surface area contributed by atoms with E-state index in [0.29, 0.717) is 31.6 Å². The second-order valence-corrected chi connectivity index (χ2v) is 4.45. The van der Waals surface area contributed by atoms with Gasteiger partial charge in [-0.25, -0.2) is 0 Å². The molecule has 0 radical (unpaired) electrons. The summed E-state index contributed by atoms with van der Waals surface area (Å²) >= 11 is 0. The predicted molar refractivity (Wildman–Crippen MR) is 64.4 cm³/mol. The fraction of sp³-hybridized carbons (Fsp3) is 0.500. The van der Waals surface area contributed by atoms with E-state index >= 15 is 0 Å². The molecular weight excluding hydrogens is 236 g/mol. The van der Waals surface area contributed by atoms with Crippen molar-refractivity contribution in [1.29, 1.82) is 0 Å². The normalized spacial score (nSPS) is 18.3. The van der Waals surface area contributed by atoms with Crippen LogP contribution in [0.15, 0.2) is 23.1 Å². The SMILES string of the molecule is O=C(NC1(CO)CCOCC1)c1ccc(=O)[nH]c1. The lowest BCUT2D eigenvalue weighted by atomic mass is 9.90. The number of aliphatic hydroxyl groups excluding tert-OH is 1. The molecule has 0 aliphatic carbocycles. The van der Waals surface area contributed by atoms with Crippen molar-refractivity contribution in [2.45, 2.75) is 18.4 Å². The van der Waals surface area contributed by atoms with Crippen molar-refractivity contribution in [3.63, 3.8) is 0 Å². The number of rotatable bonds is 3. The summed E-state index contributed by atoms with van der Waals surface area (Å²) in [5.41, 5.74) is -0.505. The molecule has 1 amide bonds. The van der Waals surface area contributed by atoms with Gasteiger partial charge in [0.25, 0.3) is 5.91 Å². The number of aromatic nitrogens is 1. The number of carbonyl (C=O) groups excluding carboxylic acids is 1.